The smallest absolute Gasteiger partial charge is 0.321 e. The van der Waals surface area contributed by atoms with E-state index in [1.807, 2.05) is 6.92 Å². The lowest BCUT2D eigenvalue weighted by Crippen LogP contribution is -2.35. The van der Waals surface area contributed by atoms with Crippen molar-refractivity contribution in [3.05, 3.63) is 0 Å². The van der Waals surface area contributed by atoms with E-state index in [9.17, 15) is 13.2 Å². The van der Waals surface area contributed by atoms with Crippen molar-refractivity contribution in [1.29, 1.82) is 0 Å². The second-order valence-corrected chi connectivity index (χ2v) is 5.82. The van der Waals surface area contributed by atoms with Crippen molar-refractivity contribution < 1.29 is 17.9 Å². The first-order chi connectivity index (χ1) is 7.41. The fraction of sp³-hybridized carbons (Fsp3) is 0.900. The van der Waals surface area contributed by atoms with Gasteiger partial charge in [0.25, 0.3) is 0 Å². The largest absolute Gasteiger partial charge is 0.465 e. The van der Waals surface area contributed by atoms with Crippen LogP contribution in [-0.2, 0) is 19.4 Å². The highest BCUT2D eigenvalue weighted by Gasteiger charge is 2.20. The van der Waals surface area contributed by atoms with Crippen molar-refractivity contribution in [2.45, 2.75) is 33.2 Å². The van der Waals surface area contributed by atoms with Crippen LogP contribution < -0.4 is 5.32 Å². The van der Waals surface area contributed by atoms with Crippen LogP contribution in [-0.4, -0.2) is 45.1 Å². The van der Waals surface area contributed by atoms with Gasteiger partial charge >= 0.3 is 5.97 Å². The maximum Gasteiger partial charge on any atom is 0.321 e. The third-order valence-electron chi connectivity index (χ3n) is 1.89. The Morgan fingerprint density at radius 2 is 2.00 bits per heavy atom. The zero-order chi connectivity index (χ0) is 12.6. The summed E-state index contributed by atoms with van der Waals surface area (Å²) in [5, 5.41) is 3.06. The van der Waals surface area contributed by atoms with Crippen molar-refractivity contribution in [2.75, 3.05) is 24.7 Å². The average Bonchev–Trinajstić information content (AvgIpc) is 2.13. The molecule has 0 aliphatic rings. The topological polar surface area (TPSA) is 72.5 Å². The van der Waals surface area contributed by atoms with Gasteiger partial charge in [0.05, 0.1) is 12.4 Å². The van der Waals surface area contributed by atoms with Crippen LogP contribution in [0, 0.1) is 0 Å². The van der Waals surface area contributed by atoms with Gasteiger partial charge < -0.3 is 10.1 Å². The van der Waals surface area contributed by atoms with Gasteiger partial charge in [-0.1, -0.05) is 6.92 Å². The van der Waals surface area contributed by atoms with Crippen molar-refractivity contribution in [3.63, 3.8) is 0 Å². The lowest BCUT2D eigenvalue weighted by Gasteiger charge is -2.12. The first-order valence-corrected chi connectivity index (χ1v) is 7.32. The number of carbonyl (C=O) groups is 1. The zero-order valence-electron chi connectivity index (χ0n) is 10.2. The minimum atomic E-state index is -3.37. The highest BCUT2D eigenvalue weighted by atomic mass is 32.2. The SMILES string of the molecule is CCCNC(C)CS(=O)(=O)CC(=O)OCC. The summed E-state index contributed by atoms with van der Waals surface area (Å²) in [6.07, 6.45) is 0.947. The monoisotopic (exact) mass is 251 g/mol. The third-order valence-corrected chi connectivity index (χ3v) is 3.57. The van der Waals surface area contributed by atoms with Crippen LogP contribution in [0.3, 0.4) is 0 Å². The van der Waals surface area contributed by atoms with E-state index >= 15 is 0 Å². The molecule has 0 saturated heterocycles. The van der Waals surface area contributed by atoms with Crippen molar-refractivity contribution in [2.24, 2.45) is 0 Å². The van der Waals surface area contributed by atoms with Crippen LogP contribution >= 0.6 is 0 Å². The van der Waals surface area contributed by atoms with Crippen LogP contribution in [0.2, 0.25) is 0 Å². The number of esters is 1. The molecule has 0 aliphatic carbocycles. The van der Waals surface area contributed by atoms with E-state index in [0.29, 0.717) is 0 Å². The van der Waals surface area contributed by atoms with Gasteiger partial charge in [-0.05, 0) is 26.8 Å². The summed E-state index contributed by atoms with van der Waals surface area (Å²) in [5.41, 5.74) is 0. The Morgan fingerprint density at radius 3 is 2.50 bits per heavy atom. The molecule has 0 radical (unpaired) electrons. The van der Waals surface area contributed by atoms with Gasteiger partial charge in [-0.3, -0.25) is 4.79 Å². The Balaban J connectivity index is 4.09. The van der Waals surface area contributed by atoms with Crippen LogP contribution in [0.5, 0.6) is 0 Å². The molecular weight excluding hydrogens is 230 g/mol. The lowest BCUT2D eigenvalue weighted by molar-refractivity contribution is -0.139. The van der Waals surface area contributed by atoms with E-state index in [0.717, 1.165) is 13.0 Å². The molecule has 0 aromatic rings. The van der Waals surface area contributed by atoms with E-state index in [4.69, 9.17) is 0 Å². The molecule has 0 amide bonds. The molecule has 0 aromatic carbocycles. The molecule has 96 valence electrons. The Labute approximate surface area is 97.5 Å². The number of hydrogen-bond donors (Lipinski definition) is 1. The van der Waals surface area contributed by atoms with Crippen molar-refractivity contribution in [1.82, 2.24) is 5.32 Å². The molecule has 1 unspecified atom stereocenters. The average molecular weight is 251 g/mol. The van der Waals surface area contributed by atoms with E-state index in [2.05, 4.69) is 10.1 Å². The molecule has 1 N–H and O–H groups in total. The maximum absolute atomic E-state index is 11.5. The van der Waals surface area contributed by atoms with Crippen LogP contribution in [0.25, 0.3) is 0 Å². The lowest BCUT2D eigenvalue weighted by atomic mass is 10.3. The minimum absolute atomic E-state index is 0.0359. The molecule has 5 nitrogen and oxygen atoms in total. The number of carbonyl (C=O) groups excluding carboxylic acids is 1. The molecule has 0 rings (SSSR count). The quantitative estimate of drug-likeness (QED) is 0.630. The predicted molar refractivity (Wildman–Crippen MR) is 63.0 cm³/mol. The van der Waals surface area contributed by atoms with E-state index in [1.165, 1.54) is 0 Å². The second kappa shape index (κ2) is 7.62. The third kappa shape index (κ3) is 7.64. The highest BCUT2D eigenvalue weighted by Crippen LogP contribution is 1.97. The van der Waals surface area contributed by atoms with Crippen molar-refractivity contribution >= 4 is 15.8 Å². The van der Waals surface area contributed by atoms with E-state index in [-0.39, 0.29) is 18.4 Å². The highest BCUT2D eigenvalue weighted by molar-refractivity contribution is 7.92. The first kappa shape index (κ1) is 15.4. The van der Waals surface area contributed by atoms with Gasteiger partial charge in [-0.15, -0.1) is 0 Å². The Hall–Kier alpha value is -0.620. The van der Waals surface area contributed by atoms with Crippen LogP contribution in [0.1, 0.15) is 27.2 Å². The Morgan fingerprint density at radius 1 is 1.38 bits per heavy atom. The molecular formula is C10H21NO4S. The zero-order valence-corrected chi connectivity index (χ0v) is 11.0. The van der Waals surface area contributed by atoms with Gasteiger partial charge in [0.2, 0.25) is 0 Å². The molecule has 0 fully saturated rings. The minimum Gasteiger partial charge on any atom is -0.465 e. The van der Waals surface area contributed by atoms with Crippen LogP contribution in [0.4, 0.5) is 0 Å². The predicted octanol–water partition coefficient (Wildman–Crippen LogP) is 0.352. The van der Waals surface area contributed by atoms with Crippen LogP contribution in [0.15, 0.2) is 0 Å². The number of sulfone groups is 1. The number of ether oxygens (including phenoxy) is 1. The van der Waals surface area contributed by atoms with Gasteiger partial charge in [-0.25, -0.2) is 8.42 Å². The summed E-state index contributed by atoms with van der Waals surface area (Å²) in [6.45, 7) is 6.43. The Bertz CT molecular complexity index is 300. The summed E-state index contributed by atoms with van der Waals surface area (Å²) in [5.74, 6) is -1.24. The van der Waals surface area contributed by atoms with Gasteiger partial charge in [0.1, 0.15) is 5.75 Å². The summed E-state index contributed by atoms with van der Waals surface area (Å²) >= 11 is 0. The van der Waals surface area contributed by atoms with E-state index < -0.39 is 21.6 Å². The normalized spacial score (nSPS) is 13.4. The fourth-order valence-electron chi connectivity index (χ4n) is 1.27. The summed E-state index contributed by atoms with van der Waals surface area (Å²) in [6, 6.07) is -0.139. The summed E-state index contributed by atoms with van der Waals surface area (Å²) in [4.78, 5) is 11.0. The molecule has 0 aliphatic heterocycles. The summed E-state index contributed by atoms with van der Waals surface area (Å²) < 4.78 is 27.7. The number of nitrogens with one attached hydrogen (secondary N) is 1. The maximum atomic E-state index is 11.5. The molecule has 0 aromatic heterocycles. The molecule has 16 heavy (non-hydrogen) atoms. The molecule has 0 spiro atoms. The fourth-order valence-corrected chi connectivity index (χ4v) is 2.71. The van der Waals surface area contributed by atoms with Crippen molar-refractivity contribution in [3.8, 4) is 0 Å². The molecule has 0 saturated carbocycles. The number of rotatable bonds is 8. The van der Waals surface area contributed by atoms with Gasteiger partial charge in [-0.2, -0.15) is 0 Å². The first-order valence-electron chi connectivity index (χ1n) is 5.50. The van der Waals surface area contributed by atoms with Gasteiger partial charge in [0, 0.05) is 6.04 Å². The van der Waals surface area contributed by atoms with E-state index in [1.54, 1.807) is 13.8 Å². The molecule has 0 bridgehead atoms. The Kier molecular flexibility index (Phi) is 7.33. The second-order valence-electron chi connectivity index (χ2n) is 3.71. The van der Waals surface area contributed by atoms with Gasteiger partial charge in [0.15, 0.2) is 9.84 Å². The number of hydrogen-bond acceptors (Lipinski definition) is 5. The molecule has 0 heterocycles. The molecule has 6 heteroatoms. The standard InChI is InChI=1S/C10H21NO4S/c1-4-6-11-9(3)7-16(13,14)8-10(12)15-5-2/h9,11H,4-8H2,1-3H3. The molecule has 1 atom stereocenters. The summed E-state index contributed by atoms with van der Waals surface area (Å²) in [7, 11) is -3.37.